The van der Waals surface area contributed by atoms with E-state index in [9.17, 15) is 9.59 Å². The molecule has 3 amide bonds. The van der Waals surface area contributed by atoms with Crippen LogP contribution in [0.15, 0.2) is 42.5 Å². The molecule has 2 aromatic carbocycles. The third-order valence-corrected chi connectivity index (χ3v) is 6.16. The second-order valence-electron chi connectivity index (χ2n) is 7.57. The zero-order valence-electron chi connectivity index (χ0n) is 15.8. The van der Waals surface area contributed by atoms with E-state index in [0.717, 1.165) is 27.7 Å². The van der Waals surface area contributed by atoms with Crippen molar-refractivity contribution in [2.24, 2.45) is 0 Å². The Balaban J connectivity index is 1.59. The third-order valence-electron chi connectivity index (χ3n) is 6.16. The van der Waals surface area contributed by atoms with Crippen molar-refractivity contribution >= 4 is 22.8 Å². The summed E-state index contributed by atoms with van der Waals surface area (Å²) in [5.74, 6) is 1.23. The van der Waals surface area contributed by atoms with Gasteiger partial charge in [-0.05, 0) is 36.2 Å². The summed E-state index contributed by atoms with van der Waals surface area (Å²) in [4.78, 5) is 32.8. The highest BCUT2D eigenvalue weighted by atomic mass is 16.7. The molecule has 4 heterocycles. The number of hydrogen-bond acceptors (Lipinski definition) is 4. The molecule has 0 bridgehead atoms. The summed E-state index contributed by atoms with van der Waals surface area (Å²) >= 11 is 0. The minimum atomic E-state index is -0.496. The first kappa shape index (κ1) is 16.5. The lowest BCUT2D eigenvalue weighted by Gasteiger charge is -2.36. The zero-order valence-corrected chi connectivity index (χ0v) is 15.8. The summed E-state index contributed by atoms with van der Waals surface area (Å²) in [6, 6.07) is 12.7. The summed E-state index contributed by atoms with van der Waals surface area (Å²) in [6.07, 6.45) is 0.515. The molecule has 1 aromatic heterocycles. The molecular weight excluding hydrogens is 370 g/mol. The van der Waals surface area contributed by atoms with E-state index in [0.29, 0.717) is 24.5 Å². The molecule has 0 aliphatic carbocycles. The Morgan fingerprint density at radius 2 is 1.93 bits per heavy atom. The van der Waals surface area contributed by atoms with Gasteiger partial charge in [-0.1, -0.05) is 24.3 Å². The molecule has 0 radical (unpaired) electrons. The largest absolute Gasteiger partial charge is 0.454 e. The fourth-order valence-corrected chi connectivity index (χ4v) is 4.85. The lowest BCUT2D eigenvalue weighted by molar-refractivity contribution is -0.128. The molecule has 7 heteroatoms. The van der Waals surface area contributed by atoms with Crippen molar-refractivity contribution < 1.29 is 19.1 Å². The number of para-hydroxylation sites is 1. The number of likely N-dealkylation sites (N-methyl/N-ethyl adjacent to an activating group) is 1. The van der Waals surface area contributed by atoms with Crippen LogP contribution in [0.1, 0.15) is 29.8 Å². The number of H-pyrrole nitrogens is 1. The average molecular weight is 389 g/mol. The van der Waals surface area contributed by atoms with Crippen LogP contribution in [0.4, 0.5) is 4.79 Å². The maximum Gasteiger partial charge on any atom is 0.328 e. The average Bonchev–Trinajstić information content (AvgIpc) is 3.41. The van der Waals surface area contributed by atoms with Crippen molar-refractivity contribution in [3.8, 4) is 11.5 Å². The van der Waals surface area contributed by atoms with Gasteiger partial charge in [0.25, 0.3) is 5.91 Å². The van der Waals surface area contributed by atoms with Gasteiger partial charge in [0.15, 0.2) is 11.5 Å². The van der Waals surface area contributed by atoms with E-state index in [2.05, 4.69) is 11.1 Å². The molecule has 3 aromatic rings. The van der Waals surface area contributed by atoms with Crippen molar-refractivity contribution in [1.82, 2.24) is 14.8 Å². The monoisotopic (exact) mass is 389 g/mol. The van der Waals surface area contributed by atoms with E-state index in [1.54, 1.807) is 4.90 Å². The maximum absolute atomic E-state index is 13.2. The zero-order chi connectivity index (χ0) is 19.7. The normalized spacial score (nSPS) is 22.4. The van der Waals surface area contributed by atoms with E-state index in [1.165, 1.54) is 4.90 Å². The first-order valence-electron chi connectivity index (χ1n) is 9.80. The van der Waals surface area contributed by atoms with Crippen LogP contribution in [0, 0.1) is 0 Å². The summed E-state index contributed by atoms with van der Waals surface area (Å²) in [6.45, 7) is 2.39. The number of carbonyl (C=O) groups excluding carboxylic acids is 2. The van der Waals surface area contributed by atoms with Crippen molar-refractivity contribution in [1.29, 1.82) is 0 Å². The number of fused-ring (bicyclic) bond motifs is 5. The lowest BCUT2D eigenvalue weighted by Crippen LogP contribution is -2.44. The van der Waals surface area contributed by atoms with Crippen LogP contribution in [0.5, 0.6) is 11.5 Å². The maximum atomic E-state index is 13.2. The Morgan fingerprint density at radius 1 is 1.10 bits per heavy atom. The van der Waals surface area contributed by atoms with Crippen LogP contribution in [0.2, 0.25) is 0 Å². The van der Waals surface area contributed by atoms with Gasteiger partial charge < -0.3 is 14.5 Å². The number of nitrogens with zero attached hydrogens (tertiary/aromatic N) is 2. The number of carbonyl (C=O) groups is 2. The Hall–Kier alpha value is -3.48. The number of amides is 3. The number of benzene rings is 2. The van der Waals surface area contributed by atoms with Crippen LogP contribution in [-0.4, -0.2) is 46.1 Å². The molecule has 0 saturated carbocycles. The van der Waals surface area contributed by atoms with E-state index in [-0.39, 0.29) is 18.7 Å². The van der Waals surface area contributed by atoms with Crippen molar-refractivity contribution in [3.05, 3.63) is 59.3 Å². The fraction of sp³-hybridized carbons (Fsp3) is 0.273. The van der Waals surface area contributed by atoms with Gasteiger partial charge in [-0.3, -0.25) is 14.6 Å². The van der Waals surface area contributed by atoms with Gasteiger partial charge in [0, 0.05) is 29.6 Å². The van der Waals surface area contributed by atoms with Crippen LogP contribution in [0.25, 0.3) is 10.9 Å². The minimum Gasteiger partial charge on any atom is -0.454 e. The molecular formula is C22H19N3O4. The molecule has 0 unspecified atom stereocenters. The summed E-state index contributed by atoms with van der Waals surface area (Å²) in [5.41, 5.74) is 3.96. The lowest BCUT2D eigenvalue weighted by atomic mass is 9.88. The first-order chi connectivity index (χ1) is 14.2. The Labute approximate surface area is 166 Å². The van der Waals surface area contributed by atoms with Gasteiger partial charge in [0.1, 0.15) is 12.1 Å². The quantitative estimate of drug-likeness (QED) is 0.683. The Bertz CT molecular complexity index is 1180. The molecule has 1 fully saturated rings. The molecule has 3 aliphatic heterocycles. The second kappa shape index (κ2) is 5.76. The number of imide groups is 1. The number of aromatic nitrogens is 1. The Kier molecular flexibility index (Phi) is 3.27. The van der Waals surface area contributed by atoms with Gasteiger partial charge in [0.2, 0.25) is 6.79 Å². The minimum absolute atomic E-state index is 0.126. The summed E-state index contributed by atoms with van der Waals surface area (Å²) in [7, 11) is 0. The molecule has 1 saturated heterocycles. The number of aromatic amines is 1. The number of rotatable bonds is 2. The third kappa shape index (κ3) is 2.12. The van der Waals surface area contributed by atoms with E-state index < -0.39 is 12.1 Å². The highest BCUT2D eigenvalue weighted by Crippen LogP contribution is 2.45. The highest BCUT2D eigenvalue weighted by molar-refractivity contribution is 6.05. The molecule has 6 rings (SSSR count). The van der Waals surface area contributed by atoms with Crippen LogP contribution in [-0.2, 0) is 11.2 Å². The van der Waals surface area contributed by atoms with E-state index in [1.807, 2.05) is 43.3 Å². The van der Waals surface area contributed by atoms with Gasteiger partial charge in [-0.25, -0.2) is 4.79 Å². The highest BCUT2D eigenvalue weighted by Gasteiger charge is 2.52. The number of urea groups is 1. The summed E-state index contributed by atoms with van der Waals surface area (Å²) in [5, 5.41) is 1.10. The first-order valence-corrected chi connectivity index (χ1v) is 9.80. The molecule has 146 valence electrons. The summed E-state index contributed by atoms with van der Waals surface area (Å²) < 4.78 is 11.0. The number of hydrogen-bond donors (Lipinski definition) is 1. The van der Waals surface area contributed by atoms with Crippen molar-refractivity contribution in [2.45, 2.75) is 25.4 Å². The van der Waals surface area contributed by atoms with Crippen LogP contribution in [0.3, 0.4) is 0 Å². The number of ether oxygens (including phenoxy) is 2. The standard InChI is InChI=1S/C22H19N3O4/c1-2-24-21(26)16-10-14-13-5-3-4-6-15(13)23-19(14)20(25(16)22(24)27)12-7-8-17-18(9-12)29-11-28-17/h3-9,16,20,23H,2,10-11H2,1H3/t16-,20-/m0/s1. The van der Waals surface area contributed by atoms with Crippen molar-refractivity contribution in [2.75, 3.05) is 13.3 Å². The molecule has 2 atom stereocenters. The van der Waals surface area contributed by atoms with Crippen LogP contribution >= 0.6 is 0 Å². The predicted molar refractivity (Wildman–Crippen MR) is 105 cm³/mol. The molecule has 29 heavy (non-hydrogen) atoms. The van der Waals surface area contributed by atoms with Crippen molar-refractivity contribution in [3.63, 3.8) is 0 Å². The van der Waals surface area contributed by atoms with Gasteiger partial charge >= 0.3 is 6.03 Å². The fourth-order valence-electron chi connectivity index (χ4n) is 4.85. The van der Waals surface area contributed by atoms with E-state index in [4.69, 9.17) is 9.47 Å². The molecule has 7 nitrogen and oxygen atoms in total. The molecule has 3 aliphatic rings. The SMILES string of the molecule is CCN1C(=O)[C@@H]2Cc3c([nH]c4ccccc34)[C@H](c3ccc4c(c3)OCO4)N2C1=O. The molecule has 0 spiro atoms. The van der Waals surface area contributed by atoms with Crippen LogP contribution < -0.4 is 9.47 Å². The molecule has 1 N–H and O–H groups in total. The van der Waals surface area contributed by atoms with Gasteiger partial charge in [-0.2, -0.15) is 0 Å². The predicted octanol–water partition coefficient (Wildman–Crippen LogP) is 3.19. The van der Waals surface area contributed by atoms with Gasteiger partial charge in [0.05, 0.1) is 0 Å². The second-order valence-corrected chi connectivity index (χ2v) is 7.57. The topological polar surface area (TPSA) is 74.9 Å². The van der Waals surface area contributed by atoms with Gasteiger partial charge in [-0.15, -0.1) is 0 Å². The smallest absolute Gasteiger partial charge is 0.328 e. The van der Waals surface area contributed by atoms with E-state index >= 15 is 0 Å². The number of nitrogens with one attached hydrogen (secondary N) is 1. The Morgan fingerprint density at radius 3 is 2.79 bits per heavy atom.